The first kappa shape index (κ1) is 19.3. The van der Waals surface area contributed by atoms with E-state index in [1.807, 2.05) is 12.1 Å². The van der Waals surface area contributed by atoms with E-state index in [-0.39, 0.29) is 17.8 Å². The number of nitrogens with one attached hydrogen (secondary N) is 2. The number of ether oxygens (including phenoxy) is 1. The van der Waals surface area contributed by atoms with Crippen LogP contribution in [0.25, 0.3) is 5.65 Å². The SMILES string of the molecule is O=C(CCc1nnc2ccc(NCc3ccc(F)cc3)nn12)NCC1CCCO1. The number of nitrogens with zero attached hydrogens (tertiary/aromatic N) is 4. The molecular weight excluding hydrogens is 375 g/mol. The van der Waals surface area contributed by atoms with Gasteiger partial charge in [0.2, 0.25) is 5.91 Å². The molecule has 1 saturated heterocycles. The lowest BCUT2D eigenvalue weighted by Gasteiger charge is -2.10. The fourth-order valence-corrected chi connectivity index (χ4v) is 3.23. The number of halogens is 1. The van der Waals surface area contributed by atoms with Gasteiger partial charge in [-0.05, 0) is 42.7 Å². The van der Waals surface area contributed by atoms with Crippen LogP contribution in [0, 0.1) is 5.82 Å². The summed E-state index contributed by atoms with van der Waals surface area (Å²) in [5.74, 6) is 0.966. The fourth-order valence-electron chi connectivity index (χ4n) is 3.23. The molecule has 1 aromatic carbocycles. The smallest absolute Gasteiger partial charge is 0.220 e. The predicted molar refractivity (Wildman–Crippen MR) is 105 cm³/mol. The lowest BCUT2D eigenvalue weighted by atomic mass is 10.2. The number of benzene rings is 1. The van der Waals surface area contributed by atoms with Crippen molar-refractivity contribution in [2.24, 2.45) is 0 Å². The Bertz CT molecular complexity index is 969. The third-order valence-corrected chi connectivity index (χ3v) is 4.84. The molecule has 0 spiro atoms. The zero-order valence-corrected chi connectivity index (χ0v) is 16.0. The Morgan fingerprint density at radius 3 is 2.86 bits per heavy atom. The van der Waals surface area contributed by atoms with Gasteiger partial charge in [0.1, 0.15) is 11.6 Å². The van der Waals surface area contributed by atoms with E-state index in [0.717, 1.165) is 25.0 Å². The average Bonchev–Trinajstić information content (AvgIpc) is 3.40. The summed E-state index contributed by atoms with van der Waals surface area (Å²) in [5.41, 5.74) is 1.56. The Kier molecular flexibility index (Phi) is 5.95. The van der Waals surface area contributed by atoms with Crippen LogP contribution in [0.4, 0.5) is 10.2 Å². The minimum Gasteiger partial charge on any atom is -0.376 e. The van der Waals surface area contributed by atoms with Gasteiger partial charge in [-0.15, -0.1) is 15.3 Å². The van der Waals surface area contributed by atoms with Crippen molar-refractivity contribution in [1.82, 2.24) is 25.1 Å². The highest BCUT2D eigenvalue weighted by atomic mass is 19.1. The van der Waals surface area contributed by atoms with E-state index in [1.54, 1.807) is 16.6 Å². The molecule has 0 saturated carbocycles. The second-order valence-electron chi connectivity index (χ2n) is 7.02. The Labute approximate surface area is 167 Å². The standard InChI is InChI=1S/C20H23FN6O2/c21-15-5-3-14(4-6-15)12-22-17-7-8-18-24-25-19(27(18)26-17)9-10-20(28)23-13-16-2-1-11-29-16/h3-8,16H,1-2,9-13H2,(H,22,26)(H,23,28). The van der Waals surface area contributed by atoms with E-state index >= 15 is 0 Å². The normalized spacial score (nSPS) is 16.2. The zero-order chi connectivity index (χ0) is 20.1. The predicted octanol–water partition coefficient (Wildman–Crippen LogP) is 2.10. The summed E-state index contributed by atoms with van der Waals surface area (Å²) in [6, 6.07) is 9.92. The van der Waals surface area contributed by atoms with Crippen molar-refractivity contribution >= 4 is 17.4 Å². The molecule has 1 aliphatic rings. The van der Waals surface area contributed by atoms with Gasteiger partial charge < -0.3 is 15.4 Å². The number of amides is 1. The lowest BCUT2D eigenvalue weighted by molar-refractivity contribution is -0.121. The van der Waals surface area contributed by atoms with Crippen molar-refractivity contribution in [3.05, 3.63) is 53.6 Å². The van der Waals surface area contributed by atoms with Crippen molar-refractivity contribution < 1.29 is 13.9 Å². The van der Waals surface area contributed by atoms with E-state index in [0.29, 0.717) is 43.2 Å². The van der Waals surface area contributed by atoms with E-state index in [1.165, 1.54) is 12.1 Å². The van der Waals surface area contributed by atoms with Crippen LogP contribution in [0.3, 0.4) is 0 Å². The Morgan fingerprint density at radius 1 is 1.21 bits per heavy atom. The van der Waals surface area contributed by atoms with Gasteiger partial charge in [-0.1, -0.05) is 12.1 Å². The number of fused-ring (bicyclic) bond motifs is 1. The molecule has 152 valence electrons. The zero-order valence-electron chi connectivity index (χ0n) is 16.0. The molecule has 1 amide bonds. The molecule has 9 heteroatoms. The molecule has 0 radical (unpaired) electrons. The summed E-state index contributed by atoms with van der Waals surface area (Å²) in [6.45, 7) is 1.84. The van der Waals surface area contributed by atoms with Gasteiger partial charge in [-0.3, -0.25) is 4.79 Å². The van der Waals surface area contributed by atoms with Crippen LogP contribution >= 0.6 is 0 Å². The molecule has 2 N–H and O–H groups in total. The molecule has 1 atom stereocenters. The van der Waals surface area contributed by atoms with Crippen molar-refractivity contribution in [2.75, 3.05) is 18.5 Å². The van der Waals surface area contributed by atoms with Gasteiger partial charge in [0.05, 0.1) is 6.10 Å². The second-order valence-corrected chi connectivity index (χ2v) is 7.02. The third-order valence-electron chi connectivity index (χ3n) is 4.84. The van der Waals surface area contributed by atoms with Gasteiger partial charge in [0.15, 0.2) is 11.5 Å². The van der Waals surface area contributed by atoms with E-state index in [2.05, 4.69) is 25.9 Å². The van der Waals surface area contributed by atoms with E-state index < -0.39 is 0 Å². The monoisotopic (exact) mass is 398 g/mol. The number of rotatable bonds is 8. The number of carbonyl (C=O) groups is 1. The number of hydrogen-bond donors (Lipinski definition) is 2. The topological polar surface area (TPSA) is 93.4 Å². The highest BCUT2D eigenvalue weighted by Crippen LogP contribution is 2.12. The molecular formula is C20H23FN6O2. The van der Waals surface area contributed by atoms with Gasteiger partial charge in [-0.25, -0.2) is 4.39 Å². The summed E-state index contributed by atoms with van der Waals surface area (Å²) in [5, 5.41) is 18.9. The molecule has 2 aromatic heterocycles. The highest BCUT2D eigenvalue weighted by molar-refractivity contribution is 5.76. The molecule has 0 bridgehead atoms. The molecule has 8 nitrogen and oxygen atoms in total. The maximum Gasteiger partial charge on any atom is 0.220 e. The van der Waals surface area contributed by atoms with Gasteiger partial charge in [0.25, 0.3) is 0 Å². The first-order chi connectivity index (χ1) is 14.2. The van der Waals surface area contributed by atoms with Crippen LogP contribution in [0.2, 0.25) is 0 Å². The van der Waals surface area contributed by atoms with Crippen molar-refractivity contribution in [3.63, 3.8) is 0 Å². The number of aromatic nitrogens is 4. The molecule has 3 aromatic rings. The maximum absolute atomic E-state index is 13.0. The Hall–Kier alpha value is -3.07. The largest absolute Gasteiger partial charge is 0.376 e. The van der Waals surface area contributed by atoms with E-state index in [4.69, 9.17) is 4.74 Å². The first-order valence-corrected chi connectivity index (χ1v) is 9.75. The number of hydrogen-bond acceptors (Lipinski definition) is 6. The van der Waals surface area contributed by atoms with Crippen LogP contribution in [0.15, 0.2) is 36.4 Å². The van der Waals surface area contributed by atoms with Gasteiger partial charge in [0, 0.05) is 32.5 Å². The maximum atomic E-state index is 13.0. The third kappa shape index (κ3) is 5.05. The molecule has 4 rings (SSSR count). The summed E-state index contributed by atoms with van der Waals surface area (Å²) in [7, 11) is 0. The minimum absolute atomic E-state index is 0.0390. The molecule has 1 unspecified atom stereocenters. The Balaban J connectivity index is 1.33. The van der Waals surface area contributed by atoms with Crippen LogP contribution in [-0.4, -0.2) is 45.0 Å². The molecule has 29 heavy (non-hydrogen) atoms. The molecule has 1 aliphatic heterocycles. The quantitative estimate of drug-likeness (QED) is 0.604. The van der Waals surface area contributed by atoms with Crippen LogP contribution < -0.4 is 10.6 Å². The fraction of sp³-hybridized carbons (Fsp3) is 0.400. The minimum atomic E-state index is -0.262. The summed E-state index contributed by atoms with van der Waals surface area (Å²) in [4.78, 5) is 12.1. The van der Waals surface area contributed by atoms with Crippen molar-refractivity contribution in [3.8, 4) is 0 Å². The summed E-state index contributed by atoms with van der Waals surface area (Å²) < 4.78 is 20.2. The number of aryl methyl sites for hydroxylation is 1. The van der Waals surface area contributed by atoms with Crippen LogP contribution in [0.1, 0.15) is 30.7 Å². The van der Waals surface area contributed by atoms with Crippen molar-refractivity contribution in [1.29, 1.82) is 0 Å². The molecule has 1 fully saturated rings. The second kappa shape index (κ2) is 8.95. The molecule has 3 heterocycles. The summed E-state index contributed by atoms with van der Waals surface area (Å²) >= 11 is 0. The molecule has 0 aliphatic carbocycles. The lowest BCUT2D eigenvalue weighted by Crippen LogP contribution is -2.32. The number of anilines is 1. The Morgan fingerprint density at radius 2 is 2.07 bits per heavy atom. The van der Waals surface area contributed by atoms with Crippen molar-refractivity contribution in [2.45, 2.75) is 38.3 Å². The van der Waals surface area contributed by atoms with E-state index in [9.17, 15) is 9.18 Å². The summed E-state index contributed by atoms with van der Waals surface area (Å²) in [6.07, 6.45) is 2.92. The highest BCUT2D eigenvalue weighted by Gasteiger charge is 2.16. The average molecular weight is 398 g/mol. The van der Waals surface area contributed by atoms with Crippen LogP contribution in [0.5, 0.6) is 0 Å². The number of carbonyl (C=O) groups excluding carboxylic acids is 1. The van der Waals surface area contributed by atoms with Gasteiger partial charge in [-0.2, -0.15) is 4.52 Å². The van der Waals surface area contributed by atoms with Crippen LogP contribution in [-0.2, 0) is 22.5 Å². The first-order valence-electron chi connectivity index (χ1n) is 9.75. The van der Waals surface area contributed by atoms with Gasteiger partial charge >= 0.3 is 0 Å².